The number of nitrogens with zero attached hydrogens (tertiary/aromatic N) is 1. The van der Waals surface area contributed by atoms with E-state index >= 15 is 0 Å². The molecule has 1 aromatic carbocycles. The molecule has 1 saturated carbocycles. The molecule has 0 N–H and O–H groups in total. The predicted octanol–water partition coefficient (Wildman–Crippen LogP) is 2.52. The third-order valence-electron chi connectivity index (χ3n) is 3.46. The van der Waals surface area contributed by atoms with E-state index in [-0.39, 0.29) is 6.04 Å². The maximum absolute atomic E-state index is 11.4. The Balaban J connectivity index is 2.25. The Bertz CT molecular complexity index is 425. The Kier molecular flexibility index (Phi) is 4.05. The van der Waals surface area contributed by atoms with Crippen LogP contribution >= 0.6 is 0 Å². The van der Waals surface area contributed by atoms with E-state index < -0.39 is 10.9 Å². The van der Waals surface area contributed by atoms with Crippen molar-refractivity contribution in [1.82, 2.24) is 0 Å². The molecule has 94 valence electrons. The first kappa shape index (κ1) is 12.4. The van der Waals surface area contributed by atoms with E-state index in [4.69, 9.17) is 0 Å². The summed E-state index contributed by atoms with van der Waals surface area (Å²) in [7, 11) is -2.53. The van der Waals surface area contributed by atoms with E-state index in [0.717, 1.165) is 37.8 Å². The highest BCUT2D eigenvalue weighted by Crippen LogP contribution is 2.28. The number of aryl methyl sites for hydroxylation is 1. The first-order valence-corrected chi connectivity index (χ1v) is 7.38. The molecule has 0 atom stereocenters. The summed E-state index contributed by atoms with van der Waals surface area (Å²) in [6.07, 6.45) is 5.22. The lowest BCUT2D eigenvalue weighted by molar-refractivity contribution is 0.593. The first-order chi connectivity index (χ1) is 8.22. The van der Waals surface area contributed by atoms with Gasteiger partial charge in [-0.05, 0) is 37.0 Å². The molecule has 1 aliphatic rings. The largest absolute Gasteiger partial charge is 0.269 e. The highest BCUT2D eigenvalue weighted by molar-refractivity contribution is 7.74. The lowest BCUT2D eigenvalue weighted by atomic mass is 10.1. The molecular formula is C13H19NO2S. The van der Waals surface area contributed by atoms with Crippen LogP contribution in [0.3, 0.4) is 0 Å². The number of thiol groups is 1. The molecule has 4 heteroatoms. The standard InChI is InChI=1S/C13H19NO2S/c1-2-11-7-9-13(10-8-11)14(17(15)16)12-5-3-4-6-12/h7-10,12,17H,2-6H2,1H3. The van der Waals surface area contributed by atoms with Crippen molar-refractivity contribution >= 4 is 16.6 Å². The van der Waals surface area contributed by atoms with Crippen molar-refractivity contribution in [2.24, 2.45) is 0 Å². The highest BCUT2D eigenvalue weighted by Gasteiger charge is 2.24. The zero-order chi connectivity index (χ0) is 12.3. The van der Waals surface area contributed by atoms with Crippen LogP contribution in [-0.4, -0.2) is 14.5 Å². The zero-order valence-corrected chi connectivity index (χ0v) is 11.0. The molecule has 1 aliphatic carbocycles. The Hall–Kier alpha value is -1.03. The Morgan fingerprint density at radius 3 is 2.24 bits per heavy atom. The molecule has 1 aromatic rings. The molecule has 0 aromatic heterocycles. The van der Waals surface area contributed by atoms with Gasteiger partial charge in [0.15, 0.2) is 0 Å². The minimum atomic E-state index is -2.53. The third kappa shape index (κ3) is 2.80. The number of benzene rings is 1. The van der Waals surface area contributed by atoms with Gasteiger partial charge in [-0.1, -0.05) is 31.9 Å². The Morgan fingerprint density at radius 2 is 1.76 bits per heavy atom. The molecule has 17 heavy (non-hydrogen) atoms. The Morgan fingerprint density at radius 1 is 1.18 bits per heavy atom. The maximum Gasteiger partial charge on any atom is 0.225 e. The summed E-state index contributed by atoms with van der Waals surface area (Å²) in [5.74, 6) is 0. The molecule has 0 spiro atoms. The second-order valence-electron chi connectivity index (χ2n) is 4.54. The predicted molar refractivity (Wildman–Crippen MR) is 70.9 cm³/mol. The number of rotatable bonds is 4. The van der Waals surface area contributed by atoms with Crippen LogP contribution in [0.1, 0.15) is 38.2 Å². The van der Waals surface area contributed by atoms with E-state index in [9.17, 15) is 8.42 Å². The average molecular weight is 253 g/mol. The highest BCUT2D eigenvalue weighted by atomic mass is 32.2. The minimum Gasteiger partial charge on any atom is -0.269 e. The van der Waals surface area contributed by atoms with Gasteiger partial charge < -0.3 is 0 Å². The number of anilines is 1. The van der Waals surface area contributed by atoms with Crippen LogP contribution in [0.15, 0.2) is 24.3 Å². The van der Waals surface area contributed by atoms with E-state index in [1.165, 1.54) is 5.56 Å². The van der Waals surface area contributed by atoms with Crippen molar-refractivity contribution < 1.29 is 8.42 Å². The number of hydrogen-bond acceptors (Lipinski definition) is 2. The smallest absolute Gasteiger partial charge is 0.225 e. The quantitative estimate of drug-likeness (QED) is 0.837. The van der Waals surface area contributed by atoms with Crippen LogP contribution in [-0.2, 0) is 17.3 Å². The molecule has 2 rings (SSSR count). The van der Waals surface area contributed by atoms with E-state index in [1.807, 2.05) is 24.3 Å². The Labute approximate surface area is 105 Å². The van der Waals surface area contributed by atoms with Crippen molar-refractivity contribution in [3.8, 4) is 0 Å². The fourth-order valence-corrected chi connectivity index (χ4v) is 3.29. The van der Waals surface area contributed by atoms with Crippen molar-refractivity contribution in [2.75, 3.05) is 4.31 Å². The van der Waals surface area contributed by atoms with Gasteiger partial charge in [0.1, 0.15) is 0 Å². The van der Waals surface area contributed by atoms with Crippen molar-refractivity contribution in [2.45, 2.75) is 45.1 Å². The zero-order valence-electron chi connectivity index (χ0n) is 10.1. The third-order valence-corrected chi connectivity index (χ3v) is 4.37. The second kappa shape index (κ2) is 5.54. The van der Waals surface area contributed by atoms with Crippen LogP contribution < -0.4 is 4.31 Å². The molecule has 0 saturated heterocycles. The fraction of sp³-hybridized carbons (Fsp3) is 0.538. The lowest BCUT2D eigenvalue weighted by Crippen LogP contribution is -2.31. The molecule has 1 fully saturated rings. The normalized spacial score (nSPS) is 16.6. The molecule has 0 amide bonds. The topological polar surface area (TPSA) is 37.4 Å². The molecule has 0 unspecified atom stereocenters. The average Bonchev–Trinajstić information content (AvgIpc) is 2.83. The van der Waals surface area contributed by atoms with E-state index in [2.05, 4.69) is 6.92 Å². The van der Waals surface area contributed by atoms with Gasteiger partial charge in [0.2, 0.25) is 10.9 Å². The molecular weight excluding hydrogens is 234 g/mol. The van der Waals surface area contributed by atoms with Crippen LogP contribution in [0.5, 0.6) is 0 Å². The van der Waals surface area contributed by atoms with Gasteiger partial charge in [-0.25, -0.2) is 8.42 Å². The van der Waals surface area contributed by atoms with Crippen molar-refractivity contribution in [3.63, 3.8) is 0 Å². The van der Waals surface area contributed by atoms with Crippen LogP contribution in [0.25, 0.3) is 0 Å². The van der Waals surface area contributed by atoms with Crippen LogP contribution in [0.4, 0.5) is 5.69 Å². The van der Waals surface area contributed by atoms with Gasteiger partial charge in [0.25, 0.3) is 0 Å². The summed E-state index contributed by atoms with van der Waals surface area (Å²) in [6, 6.07) is 8.03. The van der Waals surface area contributed by atoms with Crippen molar-refractivity contribution in [1.29, 1.82) is 0 Å². The molecule has 0 bridgehead atoms. The van der Waals surface area contributed by atoms with Gasteiger partial charge in [-0.2, -0.15) is 0 Å². The second-order valence-corrected chi connectivity index (χ2v) is 5.45. The molecule has 0 aliphatic heterocycles. The van der Waals surface area contributed by atoms with Gasteiger partial charge >= 0.3 is 0 Å². The molecule has 0 heterocycles. The molecule has 0 radical (unpaired) electrons. The summed E-state index contributed by atoms with van der Waals surface area (Å²) in [5, 5.41) is 0. The first-order valence-electron chi connectivity index (χ1n) is 6.25. The molecule has 3 nitrogen and oxygen atoms in total. The van der Waals surface area contributed by atoms with Gasteiger partial charge in [-0.3, -0.25) is 4.31 Å². The SMILES string of the molecule is CCc1ccc(N(C2CCCC2)[SH](=O)=O)cc1. The summed E-state index contributed by atoms with van der Waals surface area (Å²) in [4.78, 5) is 0. The monoisotopic (exact) mass is 253 g/mol. The van der Waals surface area contributed by atoms with E-state index in [1.54, 1.807) is 4.31 Å². The lowest BCUT2D eigenvalue weighted by Gasteiger charge is -2.24. The van der Waals surface area contributed by atoms with Gasteiger partial charge in [-0.15, -0.1) is 0 Å². The minimum absolute atomic E-state index is 0.170. The van der Waals surface area contributed by atoms with Crippen LogP contribution in [0.2, 0.25) is 0 Å². The van der Waals surface area contributed by atoms with E-state index in [0.29, 0.717) is 0 Å². The summed E-state index contributed by atoms with van der Waals surface area (Å²) < 4.78 is 24.4. The maximum atomic E-state index is 11.4. The van der Waals surface area contributed by atoms with Crippen LogP contribution in [0, 0.1) is 0 Å². The fourth-order valence-electron chi connectivity index (χ4n) is 2.47. The summed E-state index contributed by atoms with van der Waals surface area (Å²) in [5.41, 5.74) is 2.05. The van der Waals surface area contributed by atoms with Crippen molar-refractivity contribution in [3.05, 3.63) is 29.8 Å². The van der Waals surface area contributed by atoms with Gasteiger partial charge in [0, 0.05) is 6.04 Å². The number of hydrogen-bond donors (Lipinski definition) is 1. The summed E-state index contributed by atoms with van der Waals surface area (Å²) >= 11 is 0. The van der Waals surface area contributed by atoms with Gasteiger partial charge in [0.05, 0.1) is 5.69 Å². The summed E-state index contributed by atoms with van der Waals surface area (Å²) in [6.45, 7) is 2.10.